The molecule has 4 N–H and O–H groups in total. The Morgan fingerprint density at radius 2 is 2.08 bits per heavy atom. The summed E-state index contributed by atoms with van der Waals surface area (Å²) in [6.45, 7) is 1.48. The maximum atomic E-state index is 13.4. The average Bonchev–Trinajstić information content (AvgIpc) is 2.97. The van der Waals surface area contributed by atoms with Crippen molar-refractivity contribution < 1.29 is 14.0 Å². The lowest BCUT2D eigenvalue weighted by atomic mass is 10.1. The molecule has 1 aromatic carbocycles. The van der Waals surface area contributed by atoms with Gasteiger partial charge in [-0.25, -0.2) is 9.37 Å². The number of pyridine rings is 1. The molecule has 0 spiro atoms. The molecule has 1 atom stereocenters. The molecule has 0 aliphatic rings. The van der Waals surface area contributed by atoms with Crippen molar-refractivity contribution in [3.63, 3.8) is 0 Å². The van der Waals surface area contributed by atoms with Crippen molar-refractivity contribution in [2.45, 2.75) is 13.0 Å². The predicted molar refractivity (Wildman–Crippen MR) is 85.4 cm³/mol. The van der Waals surface area contributed by atoms with E-state index in [1.54, 1.807) is 18.2 Å². The van der Waals surface area contributed by atoms with Gasteiger partial charge in [0.15, 0.2) is 0 Å². The summed E-state index contributed by atoms with van der Waals surface area (Å²) in [6, 6.07) is 8.25. The summed E-state index contributed by atoms with van der Waals surface area (Å²) in [7, 11) is 0. The lowest BCUT2D eigenvalue weighted by molar-refractivity contribution is -0.119. The van der Waals surface area contributed by atoms with Crippen LogP contribution in [0.15, 0.2) is 36.4 Å². The van der Waals surface area contributed by atoms with Gasteiger partial charge in [-0.3, -0.25) is 14.7 Å². The number of aromatic amines is 1. The molecule has 122 valence electrons. The Morgan fingerprint density at radius 1 is 1.29 bits per heavy atom. The fraction of sp³-hybridized carbons (Fsp3) is 0.125. The molecule has 0 radical (unpaired) electrons. The van der Waals surface area contributed by atoms with Gasteiger partial charge in [0.1, 0.15) is 28.8 Å². The minimum Gasteiger partial charge on any atom is -0.368 e. The van der Waals surface area contributed by atoms with Gasteiger partial charge in [-0.15, -0.1) is 0 Å². The predicted octanol–water partition coefficient (Wildman–Crippen LogP) is 1.37. The number of benzene rings is 1. The van der Waals surface area contributed by atoms with E-state index in [0.29, 0.717) is 22.3 Å². The maximum absolute atomic E-state index is 13.4. The number of carbonyl (C=O) groups is 2. The molecule has 3 rings (SSSR count). The molecule has 8 heteroatoms. The smallest absolute Gasteiger partial charge is 0.270 e. The number of hydrogen-bond donors (Lipinski definition) is 3. The number of rotatable bonds is 4. The fourth-order valence-corrected chi connectivity index (χ4v) is 2.20. The van der Waals surface area contributed by atoms with Crippen molar-refractivity contribution in [3.8, 4) is 11.3 Å². The van der Waals surface area contributed by atoms with Crippen LogP contribution in [0.1, 0.15) is 17.4 Å². The van der Waals surface area contributed by atoms with Gasteiger partial charge in [-0.2, -0.15) is 5.10 Å². The molecule has 0 aliphatic heterocycles. The van der Waals surface area contributed by atoms with Gasteiger partial charge >= 0.3 is 0 Å². The van der Waals surface area contributed by atoms with E-state index in [1.165, 1.54) is 25.1 Å². The van der Waals surface area contributed by atoms with E-state index in [9.17, 15) is 14.0 Å². The molecular weight excluding hydrogens is 313 g/mol. The largest absolute Gasteiger partial charge is 0.368 e. The first-order valence-electron chi connectivity index (χ1n) is 7.17. The number of nitrogens with one attached hydrogen (secondary N) is 2. The SMILES string of the molecule is CC(NC(=O)c1ccc2[nH]nc(-c3cccc(F)c3)c2n1)C(N)=O. The number of amides is 2. The van der Waals surface area contributed by atoms with Crippen molar-refractivity contribution in [2.24, 2.45) is 5.73 Å². The second-order valence-electron chi connectivity index (χ2n) is 5.27. The molecule has 0 bridgehead atoms. The number of halogens is 1. The molecule has 1 unspecified atom stereocenters. The second kappa shape index (κ2) is 6.07. The molecule has 2 aromatic heterocycles. The van der Waals surface area contributed by atoms with Crippen LogP contribution in [0.2, 0.25) is 0 Å². The molecule has 2 amide bonds. The zero-order valence-corrected chi connectivity index (χ0v) is 12.7. The van der Waals surface area contributed by atoms with Crippen molar-refractivity contribution in [1.29, 1.82) is 0 Å². The lowest BCUT2D eigenvalue weighted by Gasteiger charge is -2.09. The highest BCUT2D eigenvalue weighted by atomic mass is 19.1. The Hall–Kier alpha value is -3.29. The number of nitrogens with two attached hydrogens (primary N) is 1. The van der Waals surface area contributed by atoms with Gasteiger partial charge in [-0.1, -0.05) is 12.1 Å². The summed E-state index contributed by atoms with van der Waals surface area (Å²) in [6.07, 6.45) is 0. The number of H-pyrrole nitrogens is 1. The quantitative estimate of drug-likeness (QED) is 0.671. The van der Waals surface area contributed by atoms with E-state index in [-0.39, 0.29) is 5.69 Å². The highest BCUT2D eigenvalue weighted by Gasteiger charge is 2.17. The van der Waals surface area contributed by atoms with E-state index in [4.69, 9.17) is 5.73 Å². The summed E-state index contributed by atoms with van der Waals surface area (Å²) >= 11 is 0. The number of carbonyl (C=O) groups excluding carboxylic acids is 2. The number of primary amides is 1. The zero-order chi connectivity index (χ0) is 17.3. The van der Waals surface area contributed by atoms with E-state index in [0.717, 1.165) is 0 Å². The van der Waals surface area contributed by atoms with Crippen LogP contribution in [0, 0.1) is 5.82 Å². The lowest BCUT2D eigenvalue weighted by Crippen LogP contribution is -2.42. The van der Waals surface area contributed by atoms with Crippen molar-refractivity contribution in [1.82, 2.24) is 20.5 Å². The van der Waals surface area contributed by atoms with Crippen LogP contribution in [-0.2, 0) is 4.79 Å². The highest BCUT2D eigenvalue weighted by Crippen LogP contribution is 2.25. The first-order chi connectivity index (χ1) is 11.5. The molecule has 0 saturated carbocycles. The van der Waals surface area contributed by atoms with Gasteiger partial charge in [-0.05, 0) is 31.2 Å². The number of hydrogen-bond acceptors (Lipinski definition) is 4. The molecule has 0 saturated heterocycles. The van der Waals surface area contributed by atoms with E-state index >= 15 is 0 Å². The minimum absolute atomic E-state index is 0.106. The first-order valence-corrected chi connectivity index (χ1v) is 7.17. The number of aromatic nitrogens is 3. The second-order valence-corrected chi connectivity index (χ2v) is 5.27. The van der Waals surface area contributed by atoms with Crippen LogP contribution in [0.25, 0.3) is 22.3 Å². The summed E-state index contributed by atoms with van der Waals surface area (Å²) in [4.78, 5) is 27.5. The third-order valence-electron chi connectivity index (χ3n) is 3.51. The summed E-state index contributed by atoms with van der Waals surface area (Å²) in [5, 5.41) is 9.38. The molecule has 7 nitrogen and oxygen atoms in total. The summed E-state index contributed by atoms with van der Waals surface area (Å²) in [5.41, 5.74) is 7.24. The monoisotopic (exact) mass is 327 g/mol. The Balaban J connectivity index is 2.00. The van der Waals surface area contributed by atoms with Crippen molar-refractivity contribution >= 4 is 22.8 Å². The van der Waals surface area contributed by atoms with Gasteiger partial charge in [0.2, 0.25) is 5.91 Å². The van der Waals surface area contributed by atoms with Crippen LogP contribution >= 0.6 is 0 Å². The molecule has 3 aromatic rings. The Labute approximate surface area is 136 Å². The van der Waals surface area contributed by atoms with Gasteiger partial charge < -0.3 is 11.1 Å². The normalized spacial score (nSPS) is 12.1. The van der Waals surface area contributed by atoms with Crippen molar-refractivity contribution in [2.75, 3.05) is 0 Å². The third kappa shape index (κ3) is 2.94. The highest BCUT2D eigenvalue weighted by molar-refractivity contribution is 5.98. The van der Waals surface area contributed by atoms with Crippen LogP contribution in [0.3, 0.4) is 0 Å². The Morgan fingerprint density at radius 3 is 2.79 bits per heavy atom. The van der Waals surface area contributed by atoms with Crippen LogP contribution < -0.4 is 11.1 Å². The standard InChI is InChI=1S/C16H14FN5O2/c1-8(15(18)23)19-16(24)12-6-5-11-14(20-12)13(22-21-11)9-3-2-4-10(17)7-9/h2-8H,1H3,(H2,18,23)(H,19,24)(H,21,22). The Kier molecular flexibility index (Phi) is 3.95. The molecule has 0 fully saturated rings. The van der Waals surface area contributed by atoms with Crippen LogP contribution in [-0.4, -0.2) is 33.0 Å². The van der Waals surface area contributed by atoms with E-state index in [2.05, 4.69) is 20.5 Å². The third-order valence-corrected chi connectivity index (χ3v) is 3.51. The number of nitrogens with zero attached hydrogens (tertiary/aromatic N) is 2. The topological polar surface area (TPSA) is 114 Å². The molecule has 24 heavy (non-hydrogen) atoms. The fourth-order valence-electron chi connectivity index (χ4n) is 2.20. The van der Waals surface area contributed by atoms with Crippen LogP contribution in [0.5, 0.6) is 0 Å². The van der Waals surface area contributed by atoms with Gasteiger partial charge in [0.25, 0.3) is 5.91 Å². The number of fused-ring (bicyclic) bond motifs is 1. The first kappa shape index (κ1) is 15.6. The molecule has 2 heterocycles. The summed E-state index contributed by atoms with van der Waals surface area (Å²) in [5.74, 6) is -1.57. The Bertz CT molecular complexity index is 937. The van der Waals surface area contributed by atoms with Crippen molar-refractivity contribution in [3.05, 3.63) is 47.9 Å². The van der Waals surface area contributed by atoms with E-state index < -0.39 is 23.7 Å². The average molecular weight is 327 g/mol. The summed E-state index contributed by atoms with van der Waals surface area (Å²) < 4.78 is 13.4. The minimum atomic E-state index is -0.818. The van der Waals surface area contributed by atoms with Crippen LogP contribution in [0.4, 0.5) is 4.39 Å². The zero-order valence-electron chi connectivity index (χ0n) is 12.7. The molecular formula is C16H14FN5O2. The van der Waals surface area contributed by atoms with Gasteiger partial charge in [0, 0.05) is 5.56 Å². The maximum Gasteiger partial charge on any atom is 0.270 e. The van der Waals surface area contributed by atoms with Gasteiger partial charge in [0.05, 0.1) is 5.52 Å². The van der Waals surface area contributed by atoms with E-state index in [1.807, 2.05) is 0 Å². The molecule has 0 aliphatic carbocycles.